The van der Waals surface area contributed by atoms with Crippen molar-refractivity contribution >= 4 is 17.2 Å². The molecule has 0 aliphatic carbocycles. The number of benzene rings is 2. The molecule has 0 spiro atoms. The van der Waals surface area contributed by atoms with Gasteiger partial charge in [-0.1, -0.05) is 37.3 Å². The van der Waals surface area contributed by atoms with Crippen LogP contribution < -0.4 is 5.32 Å². The van der Waals surface area contributed by atoms with E-state index < -0.39 is 0 Å². The van der Waals surface area contributed by atoms with E-state index >= 15 is 0 Å². The SMILES string of the molecule is CCc1ccccc1NC(=O)c1cnc2c(-c3ccc(F)cc3)c(C)nn2c1C. The number of nitrogens with zero attached hydrogens (tertiary/aromatic N) is 3. The molecule has 4 rings (SSSR count). The molecule has 0 atom stereocenters. The highest BCUT2D eigenvalue weighted by Gasteiger charge is 2.19. The molecule has 1 N–H and O–H groups in total. The zero-order chi connectivity index (χ0) is 20.5. The van der Waals surface area contributed by atoms with E-state index in [0.29, 0.717) is 16.9 Å². The molecule has 5 nitrogen and oxygen atoms in total. The summed E-state index contributed by atoms with van der Waals surface area (Å²) in [6.07, 6.45) is 2.40. The number of halogens is 1. The Morgan fingerprint density at radius 2 is 1.83 bits per heavy atom. The fraction of sp³-hybridized carbons (Fsp3) is 0.174. The first-order valence-electron chi connectivity index (χ1n) is 9.49. The highest BCUT2D eigenvalue weighted by atomic mass is 19.1. The summed E-state index contributed by atoms with van der Waals surface area (Å²) in [5, 5.41) is 7.56. The summed E-state index contributed by atoms with van der Waals surface area (Å²) in [7, 11) is 0. The molecule has 0 unspecified atom stereocenters. The van der Waals surface area contributed by atoms with Crippen molar-refractivity contribution in [2.24, 2.45) is 0 Å². The van der Waals surface area contributed by atoms with Crippen molar-refractivity contribution in [2.45, 2.75) is 27.2 Å². The minimum absolute atomic E-state index is 0.228. The molecule has 6 heteroatoms. The van der Waals surface area contributed by atoms with Crippen molar-refractivity contribution in [3.8, 4) is 11.1 Å². The first-order valence-corrected chi connectivity index (χ1v) is 9.49. The van der Waals surface area contributed by atoms with E-state index in [1.807, 2.05) is 45.0 Å². The van der Waals surface area contributed by atoms with Crippen molar-refractivity contribution in [1.29, 1.82) is 0 Å². The van der Waals surface area contributed by atoms with E-state index in [1.165, 1.54) is 12.1 Å². The number of anilines is 1. The summed E-state index contributed by atoms with van der Waals surface area (Å²) in [5.74, 6) is -0.521. The third kappa shape index (κ3) is 3.38. The highest BCUT2D eigenvalue weighted by molar-refractivity contribution is 6.05. The van der Waals surface area contributed by atoms with Crippen LogP contribution in [0.25, 0.3) is 16.8 Å². The number of amides is 1. The van der Waals surface area contributed by atoms with Crippen LogP contribution in [0.15, 0.2) is 54.7 Å². The van der Waals surface area contributed by atoms with E-state index in [0.717, 1.165) is 34.5 Å². The van der Waals surface area contributed by atoms with Gasteiger partial charge in [-0.15, -0.1) is 0 Å². The zero-order valence-corrected chi connectivity index (χ0v) is 16.5. The quantitative estimate of drug-likeness (QED) is 0.537. The van der Waals surface area contributed by atoms with Crippen LogP contribution in [0.2, 0.25) is 0 Å². The number of hydrogen-bond acceptors (Lipinski definition) is 3. The molecule has 2 aromatic heterocycles. The maximum atomic E-state index is 13.3. The highest BCUT2D eigenvalue weighted by Crippen LogP contribution is 2.28. The summed E-state index contributed by atoms with van der Waals surface area (Å²) in [6.45, 7) is 5.77. The molecule has 2 aromatic carbocycles. The van der Waals surface area contributed by atoms with Gasteiger partial charge in [-0.2, -0.15) is 5.10 Å². The van der Waals surface area contributed by atoms with Crippen molar-refractivity contribution < 1.29 is 9.18 Å². The van der Waals surface area contributed by atoms with Crippen LogP contribution in [0, 0.1) is 19.7 Å². The molecule has 0 aliphatic heterocycles. The predicted octanol–water partition coefficient (Wildman–Crippen LogP) is 4.97. The molecule has 0 radical (unpaired) electrons. The molecule has 146 valence electrons. The van der Waals surface area contributed by atoms with Crippen molar-refractivity contribution in [1.82, 2.24) is 14.6 Å². The molecular weight excluding hydrogens is 367 g/mol. The lowest BCUT2D eigenvalue weighted by Crippen LogP contribution is -2.17. The van der Waals surface area contributed by atoms with Gasteiger partial charge in [0.1, 0.15) is 5.82 Å². The molecular formula is C23H21FN4O. The van der Waals surface area contributed by atoms with Gasteiger partial charge in [0.2, 0.25) is 0 Å². The Morgan fingerprint density at radius 1 is 1.10 bits per heavy atom. The van der Waals surface area contributed by atoms with Crippen LogP contribution in [0.4, 0.5) is 10.1 Å². The Morgan fingerprint density at radius 3 is 2.55 bits per heavy atom. The Balaban J connectivity index is 1.75. The Labute approximate surface area is 168 Å². The molecule has 0 saturated heterocycles. The first kappa shape index (κ1) is 18.8. The fourth-order valence-corrected chi connectivity index (χ4v) is 3.52. The van der Waals surface area contributed by atoms with Crippen molar-refractivity contribution in [3.05, 3.63) is 83.1 Å². The first-order chi connectivity index (χ1) is 14.0. The lowest BCUT2D eigenvalue weighted by Gasteiger charge is -2.11. The Bertz CT molecular complexity index is 1210. The van der Waals surface area contributed by atoms with Gasteiger partial charge in [0.15, 0.2) is 5.65 Å². The van der Waals surface area contributed by atoms with E-state index in [1.54, 1.807) is 22.8 Å². The predicted molar refractivity (Wildman–Crippen MR) is 112 cm³/mol. The van der Waals surface area contributed by atoms with E-state index in [2.05, 4.69) is 15.4 Å². The number of carbonyl (C=O) groups excluding carboxylic acids is 1. The second-order valence-corrected chi connectivity index (χ2v) is 6.92. The second kappa shape index (κ2) is 7.47. The number of aromatic nitrogens is 3. The number of para-hydroxylation sites is 1. The third-order valence-corrected chi connectivity index (χ3v) is 5.08. The second-order valence-electron chi connectivity index (χ2n) is 6.92. The zero-order valence-electron chi connectivity index (χ0n) is 16.5. The molecule has 0 aliphatic rings. The van der Waals surface area contributed by atoms with Gasteiger partial charge in [0.05, 0.1) is 17.0 Å². The van der Waals surface area contributed by atoms with Crippen LogP contribution in [0.5, 0.6) is 0 Å². The van der Waals surface area contributed by atoms with Gasteiger partial charge in [0, 0.05) is 17.4 Å². The smallest absolute Gasteiger partial charge is 0.259 e. The average molecular weight is 388 g/mol. The topological polar surface area (TPSA) is 59.3 Å². The van der Waals surface area contributed by atoms with Gasteiger partial charge in [-0.3, -0.25) is 4.79 Å². The van der Waals surface area contributed by atoms with Crippen LogP contribution >= 0.6 is 0 Å². The number of rotatable bonds is 4. The normalized spacial score (nSPS) is 11.0. The summed E-state index contributed by atoms with van der Waals surface area (Å²) in [6, 6.07) is 14.0. The van der Waals surface area contributed by atoms with E-state index in [-0.39, 0.29) is 11.7 Å². The molecule has 1 amide bonds. The Hall–Kier alpha value is -3.54. The van der Waals surface area contributed by atoms with Gasteiger partial charge >= 0.3 is 0 Å². The molecule has 0 bridgehead atoms. The van der Waals surface area contributed by atoms with Gasteiger partial charge in [-0.05, 0) is 49.6 Å². The van der Waals surface area contributed by atoms with Crippen LogP contribution in [0.1, 0.15) is 34.2 Å². The number of carbonyl (C=O) groups is 1. The standard InChI is InChI=1S/C23H21FN4O/c1-4-16-7-5-6-8-20(16)26-23(29)19-13-25-22-21(14(2)27-28(22)15(19)3)17-9-11-18(24)12-10-17/h5-13H,4H2,1-3H3,(H,26,29). The average Bonchev–Trinajstić information content (AvgIpc) is 3.06. The maximum absolute atomic E-state index is 13.3. The van der Waals surface area contributed by atoms with E-state index in [9.17, 15) is 9.18 Å². The maximum Gasteiger partial charge on any atom is 0.259 e. The minimum Gasteiger partial charge on any atom is -0.322 e. The third-order valence-electron chi connectivity index (χ3n) is 5.08. The number of aryl methyl sites for hydroxylation is 3. The van der Waals surface area contributed by atoms with Gasteiger partial charge < -0.3 is 5.32 Å². The summed E-state index contributed by atoms with van der Waals surface area (Å²) in [4.78, 5) is 17.4. The summed E-state index contributed by atoms with van der Waals surface area (Å²) in [5.41, 5.74) is 6.08. The monoisotopic (exact) mass is 388 g/mol. The van der Waals surface area contributed by atoms with E-state index in [4.69, 9.17) is 0 Å². The van der Waals surface area contributed by atoms with Crippen molar-refractivity contribution in [2.75, 3.05) is 5.32 Å². The van der Waals surface area contributed by atoms with Gasteiger partial charge in [0.25, 0.3) is 5.91 Å². The lowest BCUT2D eigenvalue weighted by atomic mass is 10.1. The van der Waals surface area contributed by atoms with Crippen LogP contribution in [-0.2, 0) is 6.42 Å². The fourth-order valence-electron chi connectivity index (χ4n) is 3.52. The van der Waals surface area contributed by atoms with Gasteiger partial charge in [-0.25, -0.2) is 13.9 Å². The van der Waals surface area contributed by atoms with Crippen LogP contribution in [0.3, 0.4) is 0 Å². The summed E-state index contributed by atoms with van der Waals surface area (Å²) < 4.78 is 15.0. The Kier molecular flexibility index (Phi) is 4.84. The number of hydrogen-bond donors (Lipinski definition) is 1. The number of fused-ring (bicyclic) bond motifs is 1. The molecule has 0 fully saturated rings. The molecule has 0 saturated carbocycles. The lowest BCUT2D eigenvalue weighted by molar-refractivity contribution is 0.102. The molecule has 29 heavy (non-hydrogen) atoms. The molecule has 2 heterocycles. The minimum atomic E-state index is -0.293. The largest absolute Gasteiger partial charge is 0.322 e. The van der Waals surface area contributed by atoms with Crippen LogP contribution in [-0.4, -0.2) is 20.5 Å². The number of nitrogens with one attached hydrogen (secondary N) is 1. The van der Waals surface area contributed by atoms with Crippen molar-refractivity contribution in [3.63, 3.8) is 0 Å². The summed E-state index contributed by atoms with van der Waals surface area (Å²) >= 11 is 0. The molecule has 4 aromatic rings.